The molecule has 0 aliphatic carbocycles. The highest BCUT2D eigenvalue weighted by Gasteiger charge is 2.08. The van der Waals surface area contributed by atoms with Gasteiger partial charge in [-0.05, 0) is 18.2 Å². The quantitative estimate of drug-likeness (QED) is 0.757. The summed E-state index contributed by atoms with van der Waals surface area (Å²) in [5.74, 6) is -0.383. The number of hydrogen-bond acceptors (Lipinski definition) is 5. The fourth-order valence-electron chi connectivity index (χ4n) is 2.01. The van der Waals surface area contributed by atoms with Gasteiger partial charge in [0.05, 0.1) is 11.9 Å². The van der Waals surface area contributed by atoms with Gasteiger partial charge in [0.2, 0.25) is 5.95 Å². The van der Waals surface area contributed by atoms with Crippen LogP contribution in [0.5, 0.6) is 0 Å². The molecule has 23 heavy (non-hydrogen) atoms. The molecule has 2 heterocycles. The molecule has 8 heteroatoms. The second kappa shape index (κ2) is 6.39. The van der Waals surface area contributed by atoms with Crippen molar-refractivity contribution in [2.24, 2.45) is 7.05 Å². The summed E-state index contributed by atoms with van der Waals surface area (Å²) in [5, 5.41) is 9.90. The fourth-order valence-corrected chi connectivity index (χ4v) is 2.01. The third-order valence-electron chi connectivity index (χ3n) is 3.12. The molecule has 3 aromatic rings. The summed E-state index contributed by atoms with van der Waals surface area (Å²) in [6.45, 7) is -0.0121. The number of halogens is 2. The predicted molar refractivity (Wildman–Crippen MR) is 82.2 cm³/mol. The van der Waals surface area contributed by atoms with Gasteiger partial charge in [0.25, 0.3) is 0 Å². The van der Waals surface area contributed by atoms with Crippen molar-refractivity contribution in [1.29, 1.82) is 0 Å². The van der Waals surface area contributed by atoms with E-state index in [0.717, 1.165) is 5.69 Å². The molecule has 0 aliphatic heterocycles. The van der Waals surface area contributed by atoms with E-state index < -0.39 is 11.6 Å². The first kappa shape index (κ1) is 14.9. The number of rotatable bonds is 5. The molecule has 0 saturated carbocycles. The van der Waals surface area contributed by atoms with Gasteiger partial charge in [0.1, 0.15) is 17.5 Å². The van der Waals surface area contributed by atoms with E-state index in [1.54, 1.807) is 36.4 Å². The van der Waals surface area contributed by atoms with Gasteiger partial charge in [0.15, 0.2) is 0 Å². The molecule has 0 aliphatic rings. The van der Waals surface area contributed by atoms with Gasteiger partial charge in [-0.25, -0.2) is 13.8 Å². The SMILES string of the molecule is Cn1cc(Nc2nccc(NCc3c(F)cccc3F)n2)cn1. The molecule has 0 radical (unpaired) electrons. The largest absolute Gasteiger partial charge is 0.366 e. The van der Waals surface area contributed by atoms with Crippen LogP contribution in [0.25, 0.3) is 0 Å². The maximum atomic E-state index is 13.6. The standard InChI is InChI=1S/C15H14F2N6/c1-23-9-10(7-20-23)21-15-18-6-5-14(22-15)19-8-11-12(16)3-2-4-13(11)17/h2-7,9H,8H2,1H3,(H2,18,19,21,22). The van der Waals surface area contributed by atoms with Crippen LogP contribution in [-0.2, 0) is 13.6 Å². The second-order valence-electron chi connectivity index (χ2n) is 4.85. The molecule has 0 unspecified atom stereocenters. The highest BCUT2D eigenvalue weighted by atomic mass is 19.1. The number of benzene rings is 1. The lowest BCUT2D eigenvalue weighted by molar-refractivity contribution is 0.560. The maximum absolute atomic E-state index is 13.6. The van der Waals surface area contributed by atoms with Gasteiger partial charge < -0.3 is 10.6 Å². The lowest BCUT2D eigenvalue weighted by Crippen LogP contribution is -2.07. The van der Waals surface area contributed by atoms with Crippen molar-refractivity contribution in [3.8, 4) is 0 Å². The van der Waals surface area contributed by atoms with Crippen molar-refractivity contribution in [2.75, 3.05) is 10.6 Å². The normalized spacial score (nSPS) is 10.6. The van der Waals surface area contributed by atoms with Crippen LogP contribution in [0.2, 0.25) is 0 Å². The zero-order valence-corrected chi connectivity index (χ0v) is 12.3. The molecule has 2 aromatic heterocycles. The Morgan fingerprint density at radius 2 is 1.96 bits per heavy atom. The van der Waals surface area contributed by atoms with E-state index in [2.05, 4.69) is 25.7 Å². The summed E-state index contributed by atoms with van der Waals surface area (Å²) in [6.07, 6.45) is 4.96. The van der Waals surface area contributed by atoms with Crippen LogP contribution < -0.4 is 10.6 Å². The van der Waals surface area contributed by atoms with E-state index in [4.69, 9.17) is 0 Å². The maximum Gasteiger partial charge on any atom is 0.229 e. The Labute approximate surface area is 131 Å². The van der Waals surface area contributed by atoms with E-state index in [0.29, 0.717) is 11.8 Å². The number of aryl methyl sites for hydroxylation is 1. The summed E-state index contributed by atoms with van der Waals surface area (Å²) in [7, 11) is 1.80. The van der Waals surface area contributed by atoms with Gasteiger partial charge >= 0.3 is 0 Å². The summed E-state index contributed by atoms with van der Waals surface area (Å²) in [6, 6.07) is 5.38. The molecule has 6 nitrogen and oxygen atoms in total. The third-order valence-corrected chi connectivity index (χ3v) is 3.12. The molecule has 3 rings (SSSR count). The summed E-state index contributed by atoms with van der Waals surface area (Å²) >= 11 is 0. The molecular weight excluding hydrogens is 302 g/mol. The van der Waals surface area contributed by atoms with Crippen LogP contribution in [-0.4, -0.2) is 19.7 Å². The molecule has 1 aromatic carbocycles. The first-order valence-electron chi connectivity index (χ1n) is 6.87. The van der Waals surface area contributed by atoms with Gasteiger partial charge in [-0.15, -0.1) is 0 Å². The average molecular weight is 316 g/mol. The van der Waals surface area contributed by atoms with Crippen molar-refractivity contribution in [1.82, 2.24) is 19.7 Å². The van der Waals surface area contributed by atoms with E-state index in [1.807, 2.05) is 0 Å². The number of hydrogen-bond donors (Lipinski definition) is 2. The van der Waals surface area contributed by atoms with E-state index >= 15 is 0 Å². The summed E-state index contributed by atoms with van der Waals surface area (Å²) in [4.78, 5) is 8.32. The Morgan fingerprint density at radius 1 is 1.17 bits per heavy atom. The zero-order chi connectivity index (χ0) is 16.2. The minimum atomic E-state index is -0.597. The first-order chi connectivity index (χ1) is 11.1. The van der Waals surface area contributed by atoms with Gasteiger partial charge in [0, 0.05) is 31.5 Å². The molecule has 0 fully saturated rings. The predicted octanol–water partition coefficient (Wildman–Crippen LogP) is 2.84. The topological polar surface area (TPSA) is 67.7 Å². The highest BCUT2D eigenvalue weighted by Crippen LogP contribution is 2.16. The van der Waals surface area contributed by atoms with Crippen LogP contribution in [0.1, 0.15) is 5.56 Å². The van der Waals surface area contributed by atoms with Crippen LogP contribution in [0.3, 0.4) is 0 Å². The Morgan fingerprint density at radius 3 is 2.65 bits per heavy atom. The van der Waals surface area contributed by atoms with Gasteiger partial charge in [-0.1, -0.05) is 6.07 Å². The molecular formula is C15H14F2N6. The lowest BCUT2D eigenvalue weighted by Gasteiger charge is -2.09. The molecule has 0 bridgehead atoms. The van der Waals surface area contributed by atoms with Crippen molar-refractivity contribution in [2.45, 2.75) is 6.54 Å². The molecule has 0 amide bonds. The van der Waals surface area contributed by atoms with E-state index in [9.17, 15) is 8.78 Å². The number of nitrogens with one attached hydrogen (secondary N) is 2. The first-order valence-corrected chi connectivity index (χ1v) is 6.87. The van der Waals surface area contributed by atoms with Crippen LogP contribution in [0.4, 0.5) is 26.2 Å². The molecule has 118 valence electrons. The Hall–Kier alpha value is -3.03. The monoisotopic (exact) mass is 316 g/mol. The Balaban J connectivity index is 1.70. The molecule has 2 N–H and O–H groups in total. The highest BCUT2D eigenvalue weighted by molar-refractivity contribution is 5.52. The molecule has 0 spiro atoms. The van der Waals surface area contributed by atoms with Crippen molar-refractivity contribution in [3.05, 3.63) is 60.1 Å². The number of anilines is 3. The van der Waals surface area contributed by atoms with Crippen LogP contribution >= 0.6 is 0 Å². The second-order valence-corrected chi connectivity index (χ2v) is 4.85. The van der Waals surface area contributed by atoms with Gasteiger partial charge in [-0.3, -0.25) is 4.68 Å². The average Bonchev–Trinajstić information content (AvgIpc) is 2.92. The fraction of sp³-hybridized carbons (Fsp3) is 0.133. The Kier molecular flexibility index (Phi) is 4.13. The zero-order valence-electron chi connectivity index (χ0n) is 12.3. The molecule has 0 atom stereocenters. The van der Waals surface area contributed by atoms with Gasteiger partial charge in [-0.2, -0.15) is 10.1 Å². The van der Waals surface area contributed by atoms with Crippen LogP contribution in [0, 0.1) is 11.6 Å². The summed E-state index contributed by atoms with van der Waals surface area (Å²) < 4.78 is 28.8. The third kappa shape index (κ3) is 3.60. The van der Waals surface area contributed by atoms with E-state index in [1.165, 1.54) is 18.2 Å². The lowest BCUT2D eigenvalue weighted by atomic mass is 10.2. The van der Waals surface area contributed by atoms with Crippen molar-refractivity contribution < 1.29 is 8.78 Å². The Bertz CT molecular complexity index is 797. The minimum Gasteiger partial charge on any atom is -0.366 e. The van der Waals surface area contributed by atoms with Crippen molar-refractivity contribution >= 4 is 17.5 Å². The minimum absolute atomic E-state index is 0.0121. The number of nitrogens with zero attached hydrogens (tertiary/aromatic N) is 4. The summed E-state index contributed by atoms with van der Waals surface area (Å²) in [5.41, 5.74) is 0.706. The smallest absolute Gasteiger partial charge is 0.229 e. The van der Waals surface area contributed by atoms with Crippen molar-refractivity contribution in [3.63, 3.8) is 0 Å². The molecule has 0 saturated heterocycles. The van der Waals surface area contributed by atoms with Crippen LogP contribution in [0.15, 0.2) is 42.9 Å². The van der Waals surface area contributed by atoms with E-state index in [-0.39, 0.29) is 12.1 Å². The number of aromatic nitrogens is 4.